The molecule has 0 radical (unpaired) electrons. The van der Waals surface area contributed by atoms with Gasteiger partial charge in [0, 0.05) is 76.2 Å². The van der Waals surface area contributed by atoms with E-state index in [1.54, 1.807) is 0 Å². The molecule has 0 fully saturated rings. The number of rotatable bonds is 7. The van der Waals surface area contributed by atoms with Crippen LogP contribution >= 0.6 is 11.6 Å². The molecule has 0 atom stereocenters. The number of fused-ring (bicyclic) bond motifs is 16. The third kappa shape index (κ3) is 10.0. The summed E-state index contributed by atoms with van der Waals surface area (Å²) < 4.78 is 7.27. The summed E-state index contributed by atoms with van der Waals surface area (Å²) in [6, 6.07) is 130. The first-order valence-corrected chi connectivity index (χ1v) is 33.5. The quantitative estimate of drug-likeness (QED) is 0.165. The van der Waals surface area contributed by atoms with E-state index in [1.165, 1.54) is 153 Å². The van der Waals surface area contributed by atoms with Gasteiger partial charge in [-0.05, 0) is 163 Å². The number of aromatic amines is 1. The van der Waals surface area contributed by atoms with E-state index >= 15 is 0 Å². The van der Waals surface area contributed by atoms with Crippen LogP contribution in [0.1, 0.15) is 0 Å². The van der Waals surface area contributed by atoms with E-state index in [2.05, 4.69) is 358 Å². The van der Waals surface area contributed by atoms with Gasteiger partial charge in [-0.3, -0.25) is 0 Å². The minimum absolute atomic E-state index is 0.764. The molecule has 0 amide bonds. The molecular formula is C92H61ClN4. The van der Waals surface area contributed by atoms with Crippen LogP contribution in [0.15, 0.2) is 364 Å². The summed E-state index contributed by atoms with van der Waals surface area (Å²) >= 11 is 6.09. The largest absolute Gasteiger partial charge is 0.354 e. The molecule has 0 unspecified atom stereocenters. The summed E-state index contributed by atoms with van der Waals surface area (Å²) in [4.78, 5) is 3.62. The second-order valence-corrected chi connectivity index (χ2v) is 25.3. The molecule has 5 heteroatoms. The summed E-state index contributed by atoms with van der Waals surface area (Å²) in [5, 5.41) is 16.1. The summed E-state index contributed by atoms with van der Waals surface area (Å²) in [5.41, 5.74) is 22.8. The molecule has 0 aliphatic carbocycles. The first-order chi connectivity index (χ1) is 48.1. The van der Waals surface area contributed by atoms with E-state index in [4.69, 9.17) is 11.6 Å². The highest BCUT2D eigenvalue weighted by Gasteiger charge is 2.22. The van der Waals surface area contributed by atoms with Crippen molar-refractivity contribution in [3.05, 3.63) is 369 Å². The van der Waals surface area contributed by atoms with Crippen molar-refractivity contribution >= 4 is 120 Å². The van der Waals surface area contributed by atoms with E-state index in [1.807, 2.05) is 24.3 Å². The normalized spacial score (nSPS) is 11.6. The fourth-order valence-electron chi connectivity index (χ4n) is 15.0. The predicted octanol–water partition coefficient (Wildman–Crippen LogP) is 25.6. The Hall–Kier alpha value is -12.5. The number of hydrogen-bond acceptors (Lipinski definition) is 0. The molecule has 0 spiro atoms. The number of H-pyrrole nitrogens is 1. The zero-order valence-corrected chi connectivity index (χ0v) is 53.6. The average Bonchev–Trinajstić information content (AvgIpc) is 1.55. The van der Waals surface area contributed by atoms with E-state index < -0.39 is 0 Å². The summed E-state index contributed by atoms with van der Waals surface area (Å²) in [6.45, 7) is 0. The monoisotopic (exact) mass is 1260 g/mol. The molecular weight excluding hydrogens is 1200 g/mol. The van der Waals surface area contributed by atoms with Crippen molar-refractivity contribution in [2.24, 2.45) is 0 Å². The van der Waals surface area contributed by atoms with Crippen molar-refractivity contribution in [3.8, 4) is 61.6 Å². The molecule has 0 aliphatic rings. The van der Waals surface area contributed by atoms with E-state index in [9.17, 15) is 0 Å². The maximum atomic E-state index is 6.09. The van der Waals surface area contributed by atoms with Gasteiger partial charge < -0.3 is 18.7 Å². The zero-order chi connectivity index (χ0) is 64.3. The van der Waals surface area contributed by atoms with E-state index in [-0.39, 0.29) is 0 Å². The number of aromatic nitrogens is 4. The number of hydrogen-bond donors (Lipinski definition) is 1. The van der Waals surface area contributed by atoms with Crippen LogP contribution in [-0.4, -0.2) is 18.7 Å². The topological polar surface area (TPSA) is 30.6 Å². The molecule has 20 aromatic rings. The average molecular weight is 1260 g/mol. The third-order valence-corrected chi connectivity index (χ3v) is 19.6. The van der Waals surface area contributed by atoms with Crippen molar-refractivity contribution < 1.29 is 0 Å². The molecule has 0 bridgehead atoms. The first kappa shape index (κ1) is 57.2. The van der Waals surface area contributed by atoms with Crippen molar-refractivity contribution in [1.82, 2.24) is 18.7 Å². The molecule has 456 valence electrons. The molecule has 97 heavy (non-hydrogen) atoms. The van der Waals surface area contributed by atoms with Gasteiger partial charge in [0.25, 0.3) is 0 Å². The second-order valence-electron chi connectivity index (χ2n) is 24.9. The van der Waals surface area contributed by atoms with Gasteiger partial charge in [-0.1, -0.05) is 279 Å². The zero-order valence-electron chi connectivity index (χ0n) is 52.9. The van der Waals surface area contributed by atoms with Crippen molar-refractivity contribution in [2.75, 3.05) is 0 Å². The minimum Gasteiger partial charge on any atom is -0.354 e. The fourth-order valence-corrected chi connectivity index (χ4v) is 15.2. The lowest BCUT2D eigenvalue weighted by Crippen LogP contribution is -1.96. The van der Waals surface area contributed by atoms with Gasteiger partial charge in [-0.25, -0.2) is 0 Å². The van der Waals surface area contributed by atoms with Crippen molar-refractivity contribution in [2.45, 2.75) is 0 Å². The molecule has 0 saturated heterocycles. The van der Waals surface area contributed by atoms with Crippen LogP contribution in [0.4, 0.5) is 0 Å². The predicted molar refractivity (Wildman–Crippen MR) is 413 cm³/mol. The highest BCUT2D eigenvalue weighted by atomic mass is 35.5. The van der Waals surface area contributed by atoms with Gasteiger partial charge in [-0.15, -0.1) is 0 Å². The van der Waals surface area contributed by atoms with Crippen LogP contribution in [-0.2, 0) is 0 Å². The third-order valence-electron chi connectivity index (χ3n) is 19.3. The SMILES string of the molecule is Clc1cccc(-c2ccccc2-c2ccccc2)c1.c1ccc(-c2ccccc2-c2cccc(-n3c4ccccc4c4cc5c6c7ccccc7ccc6n(-c6ccccc6)c5cc43)c2)cc1.c1ccc(-n2c3cc4[nH]c5ccccc5c4cc3c3c4ccccc4ccc32)cc1. The lowest BCUT2D eigenvalue weighted by atomic mass is 9.94. The van der Waals surface area contributed by atoms with Crippen LogP contribution in [0.3, 0.4) is 0 Å². The van der Waals surface area contributed by atoms with E-state index in [0.29, 0.717) is 0 Å². The number of nitrogens with one attached hydrogen (secondary N) is 1. The van der Waals surface area contributed by atoms with Crippen molar-refractivity contribution in [1.29, 1.82) is 0 Å². The van der Waals surface area contributed by atoms with Crippen LogP contribution in [0, 0.1) is 0 Å². The van der Waals surface area contributed by atoms with Gasteiger partial charge in [0.05, 0.1) is 33.1 Å². The lowest BCUT2D eigenvalue weighted by Gasteiger charge is -2.14. The van der Waals surface area contributed by atoms with Gasteiger partial charge in [0.2, 0.25) is 0 Å². The molecule has 4 heterocycles. The Labute approximate surface area is 566 Å². The van der Waals surface area contributed by atoms with Gasteiger partial charge in [-0.2, -0.15) is 0 Å². The Morgan fingerprint density at radius 2 is 0.608 bits per heavy atom. The maximum Gasteiger partial charge on any atom is 0.0562 e. The molecule has 4 aromatic heterocycles. The van der Waals surface area contributed by atoms with Gasteiger partial charge in [0.1, 0.15) is 0 Å². The second kappa shape index (κ2) is 24.1. The van der Waals surface area contributed by atoms with Gasteiger partial charge >= 0.3 is 0 Å². The molecule has 0 aliphatic heterocycles. The van der Waals surface area contributed by atoms with Crippen LogP contribution in [0.2, 0.25) is 5.02 Å². The molecule has 20 rings (SSSR count). The highest BCUT2D eigenvalue weighted by Crippen LogP contribution is 2.45. The standard InChI is InChI=1S/C46H30N2.C28H18N2.C18H13Cl/c1-3-14-31(15-4-1)36-21-9-10-22-37(36)33-17-13-20-35(28-33)48-42-25-12-11-24-39(42)40-29-41-45(30-44(40)48)47(34-18-5-2-6-19-34)43-27-26-32-16-7-8-23-38(32)46(41)43;1-2-9-19(10-3-1)30-26-15-14-18-8-4-5-11-20(18)28(26)23-16-22-21-12-6-7-13-24(21)29-25(22)17-27(23)30;19-16-10-6-9-15(13-16)18-12-5-4-11-17(18)14-7-2-1-3-8-14/h1-30H;1-17,29H;1-13H. The molecule has 4 nitrogen and oxygen atoms in total. The van der Waals surface area contributed by atoms with Crippen LogP contribution in [0.25, 0.3) is 170 Å². The number of nitrogens with zero attached hydrogens (tertiary/aromatic N) is 3. The minimum atomic E-state index is 0.764. The summed E-state index contributed by atoms with van der Waals surface area (Å²) in [7, 11) is 0. The van der Waals surface area contributed by atoms with E-state index in [0.717, 1.165) is 22.0 Å². The number of para-hydroxylation sites is 4. The Kier molecular flexibility index (Phi) is 14.2. The Morgan fingerprint density at radius 1 is 0.206 bits per heavy atom. The smallest absolute Gasteiger partial charge is 0.0562 e. The molecule has 16 aromatic carbocycles. The number of halogens is 1. The van der Waals surface area contributed by atoms with Crippen LogP contribution in [0.5, 0.6) is 0 Å². The lowest BCUT2D eigenvalue weighted by molar-refractivity contribution is 1.17. The highest BCUT2D eigenvalue weighted by molar-refractivity contribution is 6.31. The van der Waals surface area contributed by atoms with Crippen molar-refractivity contribution in [3.63, 3.8) is 0 Å². The van der Waals surface area contributed by atoms with Crippen LogP contribution < -0.4 is 0 Å². The Morgan fingerprint density at radius 3 is 1.18 bits per heavy atom. The summed E-state index contributed by atoms with van der Waals surface area (Å²) in [6.07, 6.45) is 0. The fraction of sp³-hybridized carbons (Fsp3) is 0. The maximum absolute atomic E-state index is 6.09. The molecule has 0 saturated carbocycles. The van der Waals surface area contributed by atoms with Gasteiger partial charge in [0.15, 0.2) is 0 Å². The first-order valence-electron chi connectivity index (χ1n) is 33.1. The summed E-state index contributed by atoms with van der Waals surface area (Å²) in [5.74, 6) is 0. The molecule has 1 N–H and O–H groups in total. The number of benzene rings is 16. The Balaban J connectivity index is 0.000000118. The Bertz CT molecular complexity index is 6380.